The third-order valence-corrected chi connectivity index (χ3v) is 3.48. The third-order valence-electron chi connectivity index (χ3n) is 3.48. The highest BCUT2D eigenvalue weighted by molar-refractivity contribution is 5.78. The van der Waals surface area contributed by atoms with Gasteiger partial charge >= 0.3 is 0 Å². The Balaban J connectivity index is 1.72. The quantitative estimate of drug-likeness (QED) is 0.695. The van der Waals surface area contributed by atoms with Crippen LogP contribution in [0.2, 0.25) is 0 Å². The number of aliphatic hydroxyl groups is 1. The second kappa shape index (κ2) is 4.49. The highest BCUT2D eigenvalue weighted by Crippen LogP contribution is 2.34. The van der Waals surface area contributed by atoms with Crippen molar-refractivity contribution < 1.29 is 9.90 Å². The van der Waals surface area contributed by atoms with Gasteiger partial charge in [0.05, 0.1) is 13.2 Å². The first-order valence-corrected chi connectivity index (χ1v) is 5.89. The van der Waals surface area contributed by atoms with E-state index in [1.54, 1.807) is 0 Å². The molecule has 0 radical (unpaired) electrons. The van der Waals surface area contributed by atoms with Gasteiger partial charge in [-0.1, -0.05) is 0 Å². The molecule has 15 heavy (non-hydrogen) atoms. The minimum Gasteiger partial charge on any atom is -0.394 e. The highest BCUT2D eigenvalue weighted by atomic mass is 16.3. The van der Waals surface area contributed by atoms with Crippen molar-refractivity contribution in [2.45, 2.75) is 37.6 Å². The monoisotopic (exact) mass is 212 g/mol. The van der Waals surface area contributed by atoms with Gasteiger partial charge < -0.3 is 15.3 Å². The largest absolute Gasteiger partial charge is 0.394 e. The summed E-state index contributed by atoms with van der Waals surface area (Å²) in [6.45, 7) is 2.36. The van der Waals surface area contributed by atoms with Crippen LogP contribution in [0, 0.1) is 0 Å². The zero-order chi connectivity index (χ0) is 10.7. The molecular weight excluding hydrogens is 192 g/mol. The summed E-state index contributed by atoms with van der Waals surface area (Å²) in [5, 5.41) is 12.3. The summed E-state index contributed by atoms with van der Waals surface area (Å²) < 4.78 is 0. The van der Waals surface area contributed by atoms with E-state index in [2.05, 4.69) is 5.32 Å². The van der Waals surface area contributed by atoms with Crippen LogP contribution in [-0.4, -0.2) is 47.7 Å². The standard InChI is InChI=1S/C11H20N2O2/c14-9-11(4-5-11)12-8-10(15)13-6-2-1-3-7-13/h12,14H,1-9H2. The van der Waals surface area contributed by atoms with Gasteiger partial charge in [-0.05, 0) is 32.1 Å². The number of nitrogens with zero attached hydrogens (tertiary/aromatic N) is 1. The molecule has 4 heteroatoms. The van der Waals surface area contributed by atoms with Crippen molar-refractivity contribution >= 4 is 5.91 Å². The lowest BCUT2D eigenvalue weighted by molar-refractivity contribution is -0.131. The second-order valence-electron chi connectivity index (χ2n) is 4.73. The molecule has 2 rings (SSSR count). The summed E-state index contributed by atoms with van der Waals surface area (Å²) >= 11 is 0. The Morgan fingerprint density at radius 1 is 1.27 bits per heavy atom. The van der Waals surface area contributed by atoms with Crippen molar-refractivity contribution in [3.8, 4) is 0 Å². The maximum atomic E-state index is 11.8. The Morgan fingerprint density at radius 3 is 2.47 bits per heavy atom. The number of aliphatic hydroxyl groups excluding tert-OH is 1. The molecule has 0 aromatic carbocycles. The zero-order valence-corrected chi connectivity index (χ0v) is 9.17. The molecule has 0 bridgehead atoms. The van der Waals surface area contributed by atoms with Crippen molar-refractivity contribution in [3.05, 3.63) is 0 Å². The van der Waals surface area contributed by atoms with Crippen LogP contribution in [0.3, 0.4) is 0 Å². The van der Waals surface area contributed by atoms with Gasteiger partial charge in [0.2, 0.25) is 5.91 Å². The second-order valence-corrected chi connectivity index (χ2v) is 4.73. The molecular formula is C11H20N2O2. The van der Waals surface area contributed by atoms with E-state index >= 15 is 0 Å². The van der Waals surface area contributed by atoms with E-state index in [1.165, 1.54) is 6.42 Å². The van der Waals surface area contributed by atoms with Crippen LogP contribution in [0.25, 0.3) is 0 Å². The van der Waals surface area contributed by atoms with Gasteiger partial charge in [0.25, 0.3) is 0 Å². The molecule has 1 heterocycles. The number of carbonyl (C=O) groups excluding carboxylic acids is 1. The zero-order valence-electron chi connectivity index (χ0n) is 9.17. The van der Waals surface area contributed by atoms with Crippen LogP contribution in [0.5, 0.6) is 0 Å². The summed E-state index contributed by atoms with van der Waals surface area (Å²) in [5.41, 5.74) is -0.120. The van der Waals surface area contributed by atoms with Gasteiger partial charge in [0, 0.05) is 18.6 Å². The van der Waals surface area contributed by atoms with Crippen LogP contribution >= 0.6 is 0 Å². The summed E-state index contributed by atoms with van der Waals surface area (Å²) in [4.78, 5) is 13.7. The average molecular weight is 212 g/mol. The lowest BCUT2D eigenvalue weighted by atomic mass is 10.1. The summed E-state index contributed by atoms with van der Waals surface area (Å²) in [7, 11) is 0. The Kier molecular flexibility index (Phi) is 3.26. The van der Waals surface area contributed by atoms with Crippen LogP contribution in [0.15, 0.2) is 0 Å². The van der Waals surface area contributed by atoms with Crippen molar-refractivity contribution in [1.82, 2.24) is 10.2 Å². The van der Waals surface area contributed by atoms with Crippen LogP contribution in [0.4, 0.5) is 0 Å². The number of likely N-dealkylation sites (tertiary alicyclic amines) is 1. The molecule has 0 atom stereocenters. The number of amides is 1. The van der Waals surface area contributed by atoms with E-state index in [9.17, 15) is 4.79 Å². The van der Waals surface area contributed by atoms with Crippen molar-refractivity contribution in [2.24, 2.45) is 0 Å². The van der Waals surface area contributed by atoms with Crippen LogP contribution < -0.4 is 5.32 Å². The first kappa shape index (κ1) is 10.9. The fourth-order valence-corrected chi connectivity index (χ4v) is 2.06. The van der Waals surface area contributed by atoms with Gasteiger partial charge in [0.15, 0.2) is 0 Å². The fourth-order valence-electron chi connectivity index (χ4n) is 2.06. The predicted molar refractivity (Wildman–Crippen MR) is 57.5 cm³/mol. The molecule has 1 aliphatic heterocycles. The maximum absolute atomic E-state index is 11.8. The van der Waals surface area contributed by atoms with E-state index in [4.69, 9.17) is 5.11 Å². The van der Waals surface area contributed by atoms with Crippen molar-refractivity contribution in [3.63, 3.8) is 0 Å². The molecule has 2 aliphatic rings. The summed E-state index contributed by atoms with van der Waals surface area (Å²) in [5.74, 6) is 0.189. The van der Waals surface area contributed by atoms with E-state index in [0.29, 0.717) is 6.54 Å². The number of carbonyl (C=O) groups is 1. The first-order chi connectivity index (χ1) is 7.26. The molecule has 86 valence electrons. The van der Waals surface area contributed by atoms with E-state index in [-0.39, 0.29) is 18.1 Å². The molecule has 4 nitrogen and oxygen atoms in total. The lowest BCUT2D eigenvalue weighted by Gasteiger charge is -2.27. The molecule has 1 amide bonds. The van der Waals surface area contributed by atoms with E-state index in [0.717, 1.165) is 38.8 Å². The van der Waals surface area contributed by atoms with Crippen molar-refractivity contribution in [1.29, 1.82) is 0 Å². The molecule has 1 saturated carbocycles. The Bertz CT molecular complexity index is 233. The molecule has 1 aliphatic carbocycles. The van der Waals surface area contributed by atoms with Gasteiger partial charge in [-0.3, -0.25) is 4.79 Å². The molecule has 0 aromatic heterocycles. The average Bonchev–Trinajstić information content (AvgIpc) is 3.08. The Morgan fingerprint density at radius 2 is 1.93 bits per heavy atom. The van der Waals surface area contributed by atoms with Gasteiger partial charge in [-0.25, -0.2) is 0 Å². The molecule has 0 aromatic rings. The minimum atomic E-state index is -0.120. The van der Waals surface area contributed by atoms with Gasteiger partial charge in [-0.15, -0.1) is 0 Å². The van der Waals surface area contributed by atoms with Gasteiger partial charge in [-0.2, -0.15) is 0 Å². The van der Waals surface area contributed by atoms with E-state index in [1.807, 2.05) is 4.90 Å². The van der Waals surface area contributed by atoms with E-state index < -0.39 is 0 Å². The SMILES string of the molecule is O=C(CNC1(CO)CC1)N1CCCCC1. The summed E-state index contributed by atoms with van der Waals surface area (Å²) in [6.07, 6.45) is 5.51. The van der Waals surface area contributed by atoms with Crippen molar-refractivity contribution in [2.75, 3.05) is 26.2 Å². The number of rotatable bonds is 4. The number of hydrogen-bond donors (Lipinski definition) is 2. The first-order valence-electron chi connectivity index (χ1n) is 5.89. The minimum absolute atomic E-state index is 0.120. The predicted octanol–water partition coefficient (Wildman–Crippen LogP) is 0.113. The number of nitrogens with one attached hydrogen (secondary N) is 1. The fraction of sp³-hybridized carbons (Fsp3) is 0.909. The Labute approximate surface area is 90.6 Å². The Hall–Kier alpha value is -0.610. The molecule has 0 spiro atoms. The number of piperidine rings is 1. The lowest BCUT2D eigenvalue weighted by Crippen LogP contribution is -2.45. The highest BCUT2D eigenvalue weighted by Gasteiger charge is 2.41. The topological polar surface area (TPSA) is 52.6 Å². The summed E-state index contributed by atoms with van der Waals surface area (Å²) in [6, 6.07) is 0. The number of hydrogen-bond acceptors (Lipinski definition) is 3. The molecule has 0 unspecified atom stereocenters. The van der Waals surface area contributed by atoms with Crippen LogP contribution in [-0.2, 0) is 4.79 Å². The molecule has 1 saturated heterocycles. The van der Waals surface area contributed by atoms with Gasteiger partial charge in [0.1, 0.15) is 0 Å². The maximum Gasteiger partial charge on any atom is 0.236 e. The molecule has 2 N–H and O–H groups in total. The van der Waals surface area contributed by atoms with Crippen LogP contribution in [0.1, 0.15) is 32.1 Å². The third kappa shape index (κ3) is 2.69. The smallest absolute Gasteiger partial charge is 0.236 e. The normalized spacial score (nSPS) is 23.9. The molecule has 2 fully saturated rings.